The van der Waals surface area contributed by atoms with Gasteiger partial charge in [0.15, 0.2) is 5.58 Å². The molecule has 3 aromatic rings. The number of benzene rings is 2. The van der Waals surface area contributed by atoms with Gasteiger partial charge in [0, 0.05) is 11.3 Å². The number of anilines is 1. The largest absolute Gasteiger partial charge is 0.436 e. The number of hydrogen-bond acceptors (Lipinski definition) is 3. The van der Waals surface area contributed by atoms with E-state index in [1.165, 1.54) is 12.1 Å². The van der Waals surface area contributed by atoms with E-state index in [-0.39, 0.29) is 11.7 Å². The molecular formula is C16H12F3N3O. The summed E-state index contributed by atoms with van der Waals surface area (Å²) in [5.41, 5.74) is 1.52. The number of amidine groups is 1. The Kier molecular flexibility index (Phi) is 3.55. The molecule has 0 spiro atoms. The summed E-state index contributed by atoms with van der Waals surface area (Å²) in [6.45, 7) is 1.61. The number of rotatable bonds is 2. The minimum Gasteiger partial charge on any atom is -0.436 e. The Bertz CT molecular complexity index is 866. The van der Waals surface area contributed by atoms with E-state index in [1.54, 1.807) is 25.1 Å². The molecule has 0 aliphatic heterocycles. The third kappa shape index (κ3) is 3.18. The van der Waals surface area contributed by atoms with Crippen LogP contribution in [0, 0.1) is 5.41 Å². The molecule has 2 aromatic carbocycles. The molecule has 2 N–H and O–H groups in total. The van der Waals surface area contributed by atoms with Crippen molar-refractivity contribution in [3.05, 3.63) is 48.0 Å². The molecule has 23 heavy (non-hydrogen) atoms. The summed E-state index contributed by atoms with van der Waals surface area (Å²) in [6, 6.07) is 9.79. The van der Waals surface area contributed by atoms with Gasteiger partial charge in [0.05, 0.1) is 11.4 Å². The van der Waals surface area contributed by atoms with E-state index in [2.05, 4.69) is 10.3 Å². The van der Waals surface area contributed by atoms with E-state index in [0.29, 0.717) is 22.4 Å². The Balaban J connectivity index is 1.95. The quantitative estimate of drug-likeness (QED) is 0.520. The Hall–Kier alpha value is -2.83. The van der Waals surface area contributed by atoms with Gasteiger partial charge in [0.2, 0.25) is 5.89 Å². The zero-order chi connectivity index (χ0) is 16.6. The maximum Gasteiger partial charge on any atom is 0.416 e. The third-order valence-electron chi connectivity index (χ3n) is 3.18. The van der Waals surface area contributed by atoms with E-state index in [9.17, 15) is 13.2 Å². The van der Waals surface area contributed by atoms with Crippen molar-refractivity contribution in [2.45, 2.75) is 13.1 Å². The highest BCUT2D eigenvalue weighted by Gasteiger charge is 2.30. The van der Waals surface area contributed by atoms with E-state index in [4.69, 9.17) is 9.83 Å². The Labute approximate surface area is 129 Å². The van der Waals surface area contributed by atoms with Crippen molar-refractivity contribution in [2.75, 3.05) is 5.32 Å². The number of halogens is 3. The molecule has 0 fully saturated rings. The average Bonchev–Trinajstić information content (AvgIpc) is 2.89. The highest BCUT2D eigenvalue weighted by Crippen LogP contribution is 2.32. The van der Waals surface area contributed by atoms with Crippen LogP contribution in [-0.4, -0.2) is 10.8 Å². The second kappa shape index (κ2) is 5.42. The zero-order valence-corrected chi connectivity index (χ0v) is 12.0. The number of alkyl halides is 3. The molecule has 0 radical (unpaired) electrons. The maximum atomic E-state index is 12.6. The van der Waals surface area contributed by atoms with Crippen molar-refractivity contribution in [1.29, 1.82) is 5.41 Å². The first-order valence-corrected chi connectivity index (χ1v) is 6.73. The Morgan fingerprint density at radius 3 is 2.43 bits per heavy atom. The van der Waals surface area contributed by atoms with E-state index >= 15 is 0 Å². The standard InChI is InChI=1S/C16H12F3N3O/c1-9(20)21-12-6-7-14-13(8-12)22-15(23-14)10-2-4-11(5-3-10)16(17,18)19/h2-8H,1H3,(H2,20,21). The molecule has 0 aliphatic rings. The molecule has 0 aliphatic carbocycles. The minimum absolute atomic E-state index is 0.248. The van der Waals surface area contributed by atoms with Crippen LogP contribution in [0.3, 0.4) is 0 Å². The SMILES string of the molecule is CC(=N)Nc1ccc2oc(-c3ccc(C(F)(F)F)cc3)nc2c1. The van der Waals surface area contributed by atoms with Crippen LogP contribution in [0.5, 0.6) is 0 Å². The van der Waals surface area contributed by atoms with Crippen molar-refractivity contribution in [3.8, 4) is 11.5 Å². The molecule has 0 unspecified atom stereocenters. The third-order valence-corrected chi connectivity index (χ3v) is 3.18. The van der Waals surface area contributed by atoms with Crippen molar-refractivity contribution in [2.24, 2.45) is 0 Å². The molecule has 3 rings (SSSR count). The minimum atomic E-state index is -4.37. The fourth-order valence-corrected chi connectivity index (χ4v) is 2.15. The van der Waals surface area contributed by atoms with Gasteiger partial charge in [-0.1, -0.05) is 0 Å². The molecule has 0 bridgehead atoms. The second-order valence-electron chi connectivity index (χ2n) is 5.03. The lowest BCUT2D eigenvalue weighted by molar-refractivity contribution is -0.137. The summed E-state index contributed by atoms with van der Waals surface area (Å²) in [6.07, 6.45) is -4.37. The molecule has 118 valence electrons. The van der Waals surface area contributed by atoms with Crippen LogP contribution >= 0.6 is 0 Å². The normalized spacial score (nSPS) is 11.7. The predicted octanol–water partition coefficient (Wildman–Crippen LogP) is 4.92. The van der Waals surface area contributed by atoms with Crippen molar-refractivity contribution in [1.82, 2.24) is 4.98 Å². The van der Waals surface area contributed by atoms with Crippen LogP contribution in [0.25, 0.3) is 22.6 Å². The molecule has 1 aromatic heterocycles. The van der Waals surface area contributed by atoms with Crippen LogP contribution in [0.4, 0.5) is 18.9 Å². The van der Waals surface area contributed by atoms with Crippen molar-refractivity contribution < 1.29 is 17.6 Å². The first-order chi connectivity index (χ1) is 10.8. The molecule has 0 saturated heterocycles. The number of nitrogens with one attached hydrogen (secondary N) is 2. The summed E-state index contributed by atoms with van der Waals surface area (Å²) in [4.78, 5) is 4.28. The van der Waals surface area contributed by atoms with Crippen LogP contribution in [0.2, 0.25) is 0 Å². The number of nitrogens with zero attached hydrogens (tertiary/aromatic N) is 1. The van der Waals surface area contributed by atoms with Gasteiger partial charge in [0.25, 0.3) is 0 Å². The summed E-state index contributed by atoms with van der Waals surface area (Å²) in [7, 11) is 0. The predicted molar refractivity (Wildman–Crippen MR) is 81.5 cm³/mol. The van der Waals surface area contributed by atoms with Crippen LogP contribution in [0.1, 0.15) is 12.5 Å². The monoisotopic (exact) mass is 319 g/mol. The van der Waals surface area contributed by atoms with Crippen molar-refractivity contribution >= 4 is 22.6 Å². The van der Waals surface area contributed by atoms with Gasteiger partial charge < -0.3 is 9.73 Å². The Morgan fingerprint density at radius 1 is 1.13 bits per heavy atom. The van der Waals surface area contributed by atoms with E-state index < -0.39 is 11.7 Å². The number of oxazole rings is 1. The van der Waals surface area contributed by atoms with Crippen LogP contribution in [0.15, 0.2) is 46.9 Å². The highest BCUT2D eigenvalue weighted by molar-refractivity contribution is 5.93. The molecule has 7 heteroatoms. The summed E-state index contributed by atoms with van der Waals surface area (Å²) >= 11 is 0. The smallest absolute Gasteiger partial charge is 0.416 e. The highest BCUT2D eigenvalue weighted by atomic mass is 19.4. The molecular weight excluding hydrogens is 307 g/mol. The van der Waals surface area contributed by atoms with E-state index in [0.717, 1.165) is 12.1 Å². The first kappa shape index (κ1) is 15.1. The lowest BCUT2D eigenvalue weighted by atomic mass is 10.1. The molecule has 0 atom stereocenters. The zero-order valence-electron chi connectivity index (χ0n) is 12.0. The van der Waals surface area contributed by atoms with Crippen LogP contribution in [-0.2, 0) is 6.18 Å². The van der Waals surface area contributed by atoms with Gasteiger partial charge in [-0.25, -0.2) is 4.98 Å². The number of fused-ring (bicyclic) bond motifs is 1. The van der Waals surface area contributed by atoms with Gasteiger partial charge in [-0.15, -0.1) is 0 Å². The van der Waals surface area contributed by atoms with Gasteiger partial charge in [0.1, 0.15) is 5.52 Å². The van der Waals surface area contributed by atoms with Gasteiger partial charge in [-0.05, 0) is 49.4 Å². The second-order valence-corrected chi connectivity index (χ2v) is 5.03. The molecule has 1 heterocycles. The summed E-state index contributed by atoms with van der Waals surface area (Å²) < 4.78 is 43.3. The first-order valence-electron chi connectivity index (χ1n) is 6.73. The number of aromatic nitrogens is 1. The topological polar surface area (TPSA) is 61.9 Å². The van der Waals surface area contributed by atoms with E-state index in [1.807, 2.05) is 0 Å². The fraction of sp³-hybridized carbons (Fsp3) is 0.125. The van der Waals surface area contributed by atoms with Gasteiger partial charge in [-0.2, -0.15) is 13.2 Å². The van der Waals surface area contributed by atoms with Gasteiger partial charge >= 0.3 is 6.18 Å². The van der Waals surface area contributed by atoms with Gasteiger partial charge in [-0.3, -0.25) is 5.41 Å². The maximum absolute atomic E-state index is 12.6. The molecule has 4 nitrogen and oxygen atoms in total. The summed E-state index contributed by atoms with van der Waals surface area (Å²) in [5.74, 6) is 0.535. The van der Waals surface area contributed by atoms with Crippen LogP contribution < -0.4 is 5.32 Å². The van der Waals surface area contributed by atoms with Crippen molar-refractivity contribution in [3.63, 3.8) is 0 Å². The number of hydrogen-bond donors (Lipinski definition) is 2. The lowest BCUT2D eigenvalue weighted by Crippen LogP contribution is -2.04. The summed E-state index contributed by atoms with van der Waals surface area (Å²) in [5, 5.41) is 10.2. The molecule has 0 amide bonds. The molecule has 0 saturated carbocycles. The fourth-order valence-electron chi connectivity index (χ4n) is 2.15. The average molecular weight is 319 g/mol. The lowest BCUT2D eigenvalue weighted by Gasteiger charge is -2.05. The Morgan fingerprint density at radius 2 is 1.83 bits per heavy atom.